The predicted molar refractivity (Wildman–Crippen MR) is 156 cm³/mol. The van der Waals surface area contributed by atoms with Crippen molar-refractivity contribution in [3.8, 4) is 11.5 Å². The number of nitrogens with one attached hydrogen (secondary N) is 2. The SMILES string of the molecule is CCN1CCCc2cc(N=Nc3ccc(C(=O)O)[nH]3)c(O)cc21.CN1CCc2cc(N=Nc3ccc[nH]3)c(O)cc21.[Ni]. The zero-order valence-corrected chi connectivity index (χ0v) is 24.2. The van der Waals surface area contributed by atoms with Crippen molar-refractivity contribution in [3.63, 3.8) is 0 Å². The molecule has 42 heavy (non-hydrogen) atoms. The molecule has 12 nitrogen and oxygen atoms in total. The van der Waals surface area contributed by atoms with Gasteiger partial charge in [-0.05, 0) is 73.7 Å². The molecule has 0 aliphatic carbocycles. The minimum absolute atomic E-state index is 0. The van der Waals surface area contributed by atoms with Gasteiger partial charge in [-0.1, -0.05) is 0 Å². The van der Waals surface area contributed by atoms with E-state index < -0.39 is 5.97 Å². The Bertz CT molecular complexity index is 1600. The molecule has 4 aromatic rings. The van der Waals surface area contributed by atoms with Gasteiger partial charge in [-0.3, -0.25) is 0 Å². The van der Waals surface area contributed by atoms with Crippen molar-refractivity contribution in [2.24, 2.45) is 20.5 Å². The second-order valence-corrected chi connectivity index (χ2v) is 9.81. The van der Waals surface area contributed by atoms with E-state index in [0.29, 0.717) is 23.0 Å². The number of likely N-dealkylation sites (N-methyl/N-ethyl adjacent to an activating group) is 1. The zero-order valence-electron chi connectivity index (χ0n) is 23.2. The summed E-state index contributed by atoms with van der Waals surface area (Å²) < 4.78 is 0. The number of hydrogen-bond donors (Lipinski definition) is 5. The minimum atomic E-state index is -1.05. The number of aryl methyl sites for hydroxylation is 1. The normalized spacial score (nSPS) is 14.0. The molecule has 4 heterocycles. The van der Waals surface area contributed by atoms with Crippen LogP contribution in [0.5, 0.6) is 11.5 Å². The van der Waals surface area contributed by atoms with Crippen molar-refractivity contribution in [3.05, 3.63) is 71.5 Å². The summed E-state index contributed by atoms with van der Waals surface area (Å²) in [6.07, 6.45) is 4.78. The molecule has 0 saturated carbocycles. The monoisotopic (exact) mass is 614 g/mol. The maximum absolute atomic E-state index is 10.8. The number of aromatic amines is 2. The fraction of sp³-hybridized carbons (Fsp3) is 0.276. The van der Waals surface area contributed by atoms with Crippen LogP contribution in [0.25, 0.3) is 0 Å². The van der Waals surface area contributed by atoms with Crippen LogP contribution in [0.15, 0.2) is 75.2 Å². The number of H-pyrrole nitrogens is 2. The molecule has 0 saturated heterocycles. The number of nitrogens with zero attached hydrogens (tertiary/aromatic N) is 6. The third-order valence-corrected chi connectivity index (χ3v) is 7.09. The molecular weight excluding hydrogens is 583 g/mol. The average Bonchev–Trinajstić information content (AvgIpc) is 3.73. The van der Waals surface area contributed by atoms with Gasteiger partial charge in [0.15, 0.2) is 11.6 Å². The summed E-state index contributed by atoms with van der Waals surface area (Å²) in [5, 5.41) is 45.1. The molecule has 2 aromatic heterocycles. The van der Waals surface area contributed by atoms with Gasteiger partial charge < -0.3 is 35.1 Å². The number of hydrogen-bond acceptors (Lipinski definition) is 9. The largest absolute Gasteiger partial charge is 0.506 e. The molecule has 0 bridgehead atoms. The molecule has 0 radical (unpaired) electrons. The standard InChI is InChI=1S/C16H18N4O3.C13H14N4O.Ni/c1-2-20-7-3-4-10-8-12(14(21)9-13(10)20)18-19-15-6-5-11(17-15)16(22)23;1-17-6-4-9-7-10(12(18)8-11(9)17)15-16-13-3-2-5-14-13;/h5-6,8-9,17,21H,2-4,7H2,1H3,(H,22,23);2-3,5,7-8,14,18H,4,6H2,1H3;. The van der Waals surface area contributed by atoms with E-state index in [0.717, 1.165) is 55.8 Å². The van der Waals surface area contributed by atoms with Crippen molar-refractivity contribution >= 4 is 40.4 Å². The van der Waals surface area contributed by atoms with E-state index in [1.54, 1.807) is 18.3 Å². The summed E-state index contributed by atoms with van der Waals surface area (Å²) in [5.41, 5.74) is 5.41. The third kappa shape index (κ3) is 6.80. The maximum Gasteiger partial charge on any atom is 0.352 e. The van der Waals surface area contributed by atoms with Crippen LogP contribution in [0, 0.1) is 0 Å². The van der Waals surface area contributed by atoms with E-state index in [2.05, 4.69) is 47.1 Å². The summed E-state index contributed by atoms with van der Waals surface area (Å²) in [5.74, 6) is 0.181. The first kappa shape index (κ1) is 30.3. The summed E-state index contributed by atoms with van der Waals surface area (Å²) >= 11 is 0. The molecule has 2 aliphatic rings. The van der Waals surface area contributed by atoms with E-state index in [9.17, 15) is 15.0 Å². The smallest absolute Gasteiger partial charge is 0.352 e. The van der Waals surface area contributed by atoms with Gasteiger partial charge in [0.05, 0.1) is 0 Å². The van der Waals surface area contributed by atoms with Gasteiger partial charge in [-0.15, -0.1) is 20.5 Å². The van der Waals surface area contributed by atoms with E-state index >= 15 is 0 Å². The number of phenols is 2. The summed E-state index contributed by atoms with van der Waals surface area (Å²) in [6, 6.07) is 13.9. The van der Waals surface area contributed by atoms with Gasteiger partial charge >= 0.3 is 5.97 Å². The van der Waals surface area contributed by atoms with Gasteiger partial charge in [0.25, 0.3) is 0 Å². The van der Waals surface area contributed by atoms with Gasteiger partial charge in [0.2, 0.25) is 0 Å². The van der Waals surface area contributed by atoms with E-state index in [1.165, 1.54) is 17.7 Å². The van der Waals surface area contributed by atoms with Crippen molar-refractivity contribution < 1.29 is 36.6 Å². The third-order valence-electron chi connectivity index (χ3n) is 7.09. The fourth-order valence-corrected chi connectivity index (χ4v) is 4.91. The fourth-order valence-electron chi connectivity index (χ4n) is 4.91. The predicted octanol–water partition coefficient (Wildman–Crippen LogP) is 6.73. The Labute approximate surface area is 252 Å². The molecule has 0 atom stereocenters. The Balaban J connectivity index is 0.000000193. The van der Waals surface area contributed by atoms with Crippen LogP contribution in [0.2, 0.25) is 0 Å². The van der Waals surface area contributed by atoms with Crippen LogP contribution >= 0.6 is 0 Å². The Kier molecular flexibility index (Phi) is 9.64. The van der Waals surface area contributed by atoms with Crippen molar-refractivity contribution in [1.29, 1.82) is 0 Å². The second kappa shape index (κ2) is 13.4. The number of carboxylic acids is 1. The molecule has 2 aliphatic heterocycles. The number of rotatable bonds is 6. The number of anilines is 2. The Morgan fingerprint density at radius 3 is 2.17 bits per heavy atom. The summed E-state index contributed by atoms with van der Waals surface area (Å²) in [6.45, 7) is 4.95. The van der Waals surface area contributed by atoms with Gasteiger partial charge in [-0.2, -0.15) is 0 Å². The number of carboxylic acid groups (broad SMARTS) is 1. The Hall–Kier alpha value is -4.64. The van der Waals surface area contributed by atoms with Crippen molar-refractivity contribution in [2.75, 3.05) is 36.5 Å². The number of phenolic OH excluding ortho intramolecular Hbond substituents is 2. The van der Waals surface area contributed by atoms with Crippen LogP contribution in [-0.4, -0.2) is 57.9 Å². The van der Waals surface area contributed by atoms with Crippen LogP contribution in [0.4, 0.5) is 34.4 Å². The minimum Gasteiger partial charge on any atom is -0.506 e. The Morgan fingerprint density at radius 2 is 1.55 bits per heavy atom. The first-order valence-corrected chi connectivity index (χ1v) is 13.4. The molecule has 5 N–H and O–H groups in total. The Morgan fingerprint density at radius 1 is 0.881 bits per heavy atom. The van der Waals surface area contributed by atoms with Crippen molar-refractivity contribution in [1.82, 2.24) is 9.97 Å². The molecule has 2 aromatic carbocycles. The number of aromatic nitrogens is 2. The van der Waals surface area contributed by atoms with Gasteiger partial charge in [-0.25, -0.2) is 4.79 Å². The first-order valence-electron chi connectivity index (χ1n) is 13.4. The maximum atomic E-state index is 10.8. The number of aromatic carboxylic acids is 1. The van der Waals surface area contributed by atoms with Crippen LogP contribution in [0.1, 0.15) is 35.0 Å². The topological polar surface area (TPSA) is 165 Å². The van der Waals surface area contributed by atoms with Crippen LogP contribution < -0.4 is 9.80 Å². The van der Waals surface area contributed by atoms with E-state index in [1.807, 2.05) is 31.3 Å². The number of fused-ring (bicyclic) bond motifs is 2. The van der Waals surface area contributed by atoms with Crippen LogP contribution in [-0.2, 0) is 29.3 Å². The molecule has 0 spiro atoms. The van der Waals surface area contributed by atoms with Crippen molar-refractivity contribution in [2.45, 2.75) is 26.2 Å². The number of benzene rings is 2. The number of azo groups is 2. The molecule has 0 amide bonds. The summed E-state index contributed by atoms with van der Waals surface area (Å²) in [4.78, 5) is 20.7. The molecular formula is C29H32N8NiO4. The molecule has 222 valence electrons. The molecule has 13 heteroatoms. The van der Waals surface area contributed by atoms with E-state index in [4.69, 9.17) is 5.11 Å². The summed E-state index contributed by atoms with van der Waals surface area (Å²) in [7, 11) is 2.02. The number of carbonyl (C=O) groups is 1. The average molecular weight is 615 g/mol. The second-order valence-electron chi connectivity index (χ2n) is 9.81. The first-order chi connectivity index (χ1) is 19.8. The number of aromatic hydroxyl groups is 2. The van der Waals surface area contributed by atoms with Crippen LogP contribution in [0.3, 0.4) is 0 Å². The molecule has 0 fully saturated rings. The van der Waals surface area contributed by atoms with Gasteiger partial charge in [0, 0.05) is 72.9 Å². The quantitative estimate of drug-likeness (QED) is 0.119. The zero-order chi connectivity index (χ0) is 28.9. The molecule has 6 rings (SSSR count). The molecule has 0 unspecified atom stereocenters. The van der Waals surface area contributed by atoms with Gasteiger partial charge in [0.1, 0.15) is 28.6 Å². The van der Waals surface area contributed by atoms with E-state index in [-0.39, 0.29) is 33.7 Å².